The van der Waals surface area contributed by atoms with Crippen LogP contribution in [0.1, 0.15) is 12.5 Å². The molecule has 1 amide bonds. The van der Waals surface area contributed by atoms with Crippen molar-refractivity contribution in [1.82, 2.24) is 5.32 Å². The summed E-state index contributed by atoms with van der Waals surface area (Å²) < 4.78 is 37.5. The van der Waals surface area contributed by atoms with Gasteiger partial charge in [0.05, 0.1) is 5.56 Å². The fourth-order valence-corrected chi connectivity index (χ4v) is 1.35. The second kappa shape index (κ2) is 6.61. The number of carbonyl (C=O) groups excluding carboxylic acids is 1. The van der Waals surface area contributed by atoms with Crippen LogP contribution < -0.4 is 10.6 Å². The average Bonchev–Trinajstić information content (AvgIpc) is 2.39. The van der Waals surface area contributed by atoms with Gasteiger partial charge in [0.1, 0.15) is 11.6 Å². The summed E-state index contributed by atoms with van der Waals surface area (Å²) >= 11 is 0. The molecule has 20 heavy (non-hydrogen) atoms. The molecule has 7 heteroatoms. The number of nitrogens with zero attached hydrogens (tertiary/aromatic N) is 1. The van der Waals surface area contributed by atoms with Crippen molar-refractivity contribution in [3.8, 4) is 6.07 Å². The molecule has 0 aromatic heterocycles. The maximum absolute atomic E-state index is 12.5. The number of rotatable bonds is 4. The molecule has 1 aromatic carbocycles. The SMILES string of the molecule is CCNC(=O)/C(C#N)=C\Nc1cccc(C(F)(F)F)c1. The van der Waals surface area contributed by atoms with Gasteiger partial charge < -0.3 is 10.6 Å². The fourth-order valence-electron chi connectivity index (χ4n) is 1.35. The van der Waals surface area contributed by atoms with Crippen LogP contribution in [0.15, 0.2) is 36.0 Å². The average molecular weight is 283 g/mol. The molecule has 0 saturated carbocycles. The summed E-state index contributed by atoms with van der Waals surface area (Å²) in [5.41, 5.74) is -0.895. The van der Waals surface area contributed by atoms with E-state index in [1.807, 2.05) is 0 Å². The Morgan fingerprint density at radius 3 is 2.70 bits per heavy atom. The number of hydrogen-bond donors (Lipinski definition) is 2. The van der Waals surface area contributed by atoms with Gasteiger partial charge in [-0.2, -0.15) is 18.4 Å². The molecule has 4 nitrogen and oxygen atoms in total. The van der Waals surface area contributed by atoms with Crippen molar-refractivity contribution in [1.29, 1.82) is 5.26 Å². The molecule has 0 fully saturated rings. The quantitative estimate of drug-likeness (QED) is 0.659. The summed E-state index contributed by atoms with van der Waals surface area (Å²) in [6.07, 6.45) is -3.38. The Balaban J connectivity index is 2.89. The summed E-state index contributed by atoms with van der Waals surface area (Å²) in [6, 6.07) is 6.13. The minimum Gasteiger partial charge on any atom is -0.360 e. The molecule has 0 heterocycles. The maximum Gasteiger partial charge on any atom is 0.416 e. The molecular weight excluding hydrogens is 271 g/mol. The van der Waals surface area contributed by atoms with Crippen molar-refractivity contribution in [3.05, 3.63) is 41.6 Å². The van der Waals surface area contributed by atoms with Gasteiger partial charge in [0, 0.05) is 18.4 Å². The first-order valence-electron chi connectivity index (χ1n) is 5.70. The number of anilines is 1. The molecule has 1 aromatic rings. The van der Waals surface area contributed by atoms with Crippen LogP contribution >= 0.6 is 0 Å². The van der Waals surface area contributed by atoms with Gasteiger partial charge in [0.25, 0.3) is 5.91 Å². The number of likely N-dealkylation sites (N-methyl/N-ethyl adjacent to an activating group) is 1. The predicted octanol–water partition coefficient (Wildman–Crippen LogP) is 2.66. The Hall–Kier alpha value is -2.49. The molecule has 0 bridgehead atoms. The number of nitriles is 1. The minimum absolute atomic E-state index is 0.136. The number of halogens is 3. The molecule has 0 radical (unpaired) electrons. The summed E-state index contributed by atoms with van der Waals surface area (Å²) in [4.78, 5) is 11.4. The largest absolute Gasteiger partial charge is 0.416 e. The van der Waals surface area contributed by atoms with Gasteiger partial charge in [0.2, 0.25) is 0 Å². The highest BCUT2D eigenvalue weighted by Gasteiger charge is 2.30. The second-order valence-corrected chi connectivity index (χ2v) is 3.75. The Bertz CT molecular complexity index is 559. The van der Waals surface area contributed by atoms with Crippen LogP contribution in [0, 0.1) is 11.3 Å². The smallest absolute Gasteiger partial charge is 0.360 e. The van der Waals surface area contributed by atoms with Crippen molar-refractivity contribution in [2.45, 2.75) is 13.1 Å². The third-order valence-electron chi connectivity index (χ3n) is 2.28. The van der Waals surface area contributed by atoms with Crippen LogP contribution in [0.4, 0.5) is 18.9 Å². The topological polar surface area (TPSA) is 64.9 Å². The Morgan fingerprint density at radius 2 is 2.15 bits per heavy atom. The molecule has 2 N–H and O–H groups in total. The Morgan fingerprint density at radius 1 is 1.45 bits per heavy atom. The van der Waals surface area contributed by atoms with Crippen molar-refractivity contribution >= 4 is 11.6 Å². The standard InChI is InChI=1S/C13H12F3N3O/c1-2-18-12(20)9(7-17)8-19-11-5-3-4-10(6-11)13(14,15)16/h3-6,8,19H,2H2,1H3,(H,18,20)/b9-8-. The second-order valence-electron chi connectivity index (χ2n) is 3.75. The molecule has 0 atom stereocenters. The van der Waals surface area contributed by atoms with Crippen LogP contribution in [-0.4, -0.2) is 12.5 Å². The first-order chi connectivity index (χ1) is 9.38. The van der Waals surface area contributed by atoms with E-state index in [2.05, 4.69) is 10.6 Å². The van der Waals surface area contributed by atoms with E-state index in [1.54, 1.807) is 13.0 Å². The number of hydrogen-bond acceptors (Lipinski definition) is 3. The molecule has 0 aliphatic heterocycles. The minimum atomic E-state index is -4.45. The number of benzene rings is 1. The molecular formula is C13H12F3N3O. The first-order valence-corrected chi connectivity index (χ1v) is 5.70. The highest BCUT2D eigenvalue weighted by atomic mass is 19.4. The highest BCUT2D eigenvalue weighted by Crippen LogP contribution is 2.30. The Kier molecular flexibility index (Phi) is 5.15. The normalized spacial score (nSPS) is 11.7. The van der Waals surface area contributed by atoms with Crippen LogP contribution in [0.3, 0.4) is 0 Å². The lowest BCUT2D eigenvalue weighted by Crippen LogP contribution is -2.24. The van der Waals surface area contributed by atoms with Crippen molar-refractivity contribution in [3.63, 3.8) is 0 Å². The first kappa shape index (κ1) is 15.6. The lowest BCUT2D eigenvalue weighted by atomic mass is 10.2. The lowest BCUT2D eigenvalue weighted by molar-refractivity contribution is -0.137. The molecule has 0 aliphatic carbocycles. The number of nitrogens with one attached hydrogen (secondary N) is 2. The summed E-state index contributed by atoms with van der Waals surface area (Å²) in [5, 5.41) is 13.7. The zero-order valence-electron chi connectivity index (χ0n) is 10.6. The van der Waals surface area contributed by atoms with Gasteiger partial charge in [-0.3, -0.25) is 4.79 Å². The van der Waals surface area contributed by atoms with Crippen molar-refractivity contribution in [2.75, 3.05) is 11.9 Å². The number of carbonyl (C=O) groups is 1. The zero-order valence-corrected chi connectivity index (χ0v) is 10.6. The molecule has 0 saturated heterocycles. The van der Waals surface area contributed by atoms with E-state index in [0.717, 1.165) is 18.3 Å². The van der Waals surface area contributed by atoms with E-state index < -0.39 is 17.6 Å². The van der Waals surface area contributed by atoms with Crippen molar-refractivity contribution < 1.29 is 18.0 Å². The van der Waals surface area contributed by atoms with E-state index in [1.165, 1.54) is 12.1 Å². The molecule has 0 unspecified atom stereocenters. The zero-order chi connectivity index (χ0) is 15.2. The fraction of sp³-hybridized carbons (Fsp3) is 0.231. The van der Waals surface area contributed by atoms with Crippen LogP contribution in [0.5, 0.6) is 0 Å². The van der Waals surface area contributed by atoms with Crippen LogP contribution in [-0.2, 0) is 11.0 Å². The summed E-state index contributed by atoms with van der Waals surface area (Å²) in [6.45, 7) is 2.04. The van der Waals surface area contributed by atoms with Gasteiger partial charge in [-0.25, -0.2) is 0 Å². The van der Waals surface area contributed by atoms with E-state index in [0.29, 0.717) is 6.54 Å². The molecule has 106 valence electrons. The number of amides is 1. The molecule has 0 aliphatic rings. The number of alkyl halides is 3. The van der Waals surface area contributed by atoms with Crippen LogP contribution in [0.2, 0.25) is 0 Å². The van der Waals surface area contributed by atoms with E-state index in [4.69, 9.17) is 5.26 Å². The van der Waals surface area contributed by atoms with E-state index in [9.17, 15) is 18.0 Å². The van der Waals surface area contributed by atoms with Crippen LogP contribution in [0.25, 0.3) is 0 Å². The van der Waals surface area contributed by atoms with E-state index in [-0.39, 0.29) is 11.3 Å². The Labute approximate surface area is 113 Å². The highest BCUT2D eigenvalue weighted by molar-refractivity contribution is 5.97. The van der Waals surface area contributed by atoms with Gasteiger partial charge in [0.15, 0.2) is 0 Å². The molecule has 0 spiro atoms. The maximum atomic E-state index is 12.5. The predicted molar refractivity (Wildman–Crippen MR) is 67.4 cm³/mol. The lowest BCUT2D eigenvalue weighted by Gasteiger charge is -2.08. The van der Waals surface area contributed by atoms with Gasteiger partial charge in [-0.1, -0.05) is 6.07 Å². The summed E-state index contributed by atoms with van der Waals surface area (Å²) in [7, 11) is 0. The third-order valence-corrected chi connectivity index (χ3v) is 2.28. The monoisotopic (exact) mass is 283 g/mol. The third kappa shape index (κ3) is 4.31. The van der Waals surface area contributed by atoms with Gasteiger partial charge >= 0.3 is 6.18 Å². The van der Waals surface area contributed by atoms with Gasteiger partial charge in [-0.15, -0.1) is 0 Å². The summed E-state index contributed by atoms with van der Waals surface area (Å²) in [5.74, 6) is -0.588. The van der Waals surface area contributed by atoms with E-state index >= 15 is 0 Å². The van der Waals surface area contributed by atoms with Gasteiger partial charge in [-0.05, 0) is 25.1 Å². The van der Waals surface area contributed by atoms with Crippen molar-refractivity contribution in [2.24, 2.45) is 0 Å². The molecule has 1 rings (SSSR count).